The maximum Gasteiger partial charge on any atom is 0.231 e. The fourth-order valence-electron chi connectivity index (χ4n) is 4.02. The molecule has 146 valence electrons. The molecule has 0 atom stereocenters. The fraction of sp³-hybridized carbons (Fsp3) is 0.318. The lowest BCUT2D eigenvalue weighted by Crippen LogP contribution is -2.36. The number of aryl methyl sites for hydroxylation is 1. The Kier molecular flexibility index (Phi) is 4.86. The van der Waals surface area contributed by atoms with E-state index in [1.165, 1.54) is 5.56 Å². The van der Waals surface area contributed by atoms with E-state index < -0.39 is 0 Å². The number of benzene rings is 2. The van der Waals surface area contributed by atoms with E-state index in [4.69, 9.17) is 14.2 Å². The molecule has 4 rings (SSSR count). The first-order valence-corrected chi connectivity index (χ1v) is 9.35. The predicted molar refractivity (Wildman–Crippen MR) is 109 cm³/mol. The van der Waals surface area contributed by atoms with Crippen LogP contribution in [-0.2, 0) is 17.6 Å². The van der Waals surface area contributed by atoms with Crippen molar-refractivity contribution < 1.29 is 19.0 Å². The molecule has 0 aliphatic carbocycles. The van der Waals surface area contributed by atoms with Crippen LogP contribution < -0.4 is 19.1 Å². The third-order valence-corrected chi connectivity index (χ3v) is 5.31. The van der Waals surface area contributed by atoms with E-state index in [9.17, 15) is 4.79 Å². The number of para-hydroxylation sites is 1. The summed E-state index contributed by atoms with van der Waals surface area (Å²) < 4.78 is 16.5. The number of anilines is 1. The van der Waals surface area contributed by atoms with Gasteiger partial charge in [-0.25, -0.2) is 0 Å². The van der Waals surface area contributed by atoms with Crippen molar-refractivity contribution in [3.8, 4) is 17.2 Å². The minimum Gasteiger partial charge on any atom is -0.493 e. The molecule has 0 radical (unpaired) electrons. The molecule has 0 saturated carbocycles. The number of nitrogens with one attached hydrogen (secondary N) is 1. The standard InChI is InChI=1S/C22H24N2O4/c1-26-18-12-16-20(22(28-3)21(18)27-2)15(13-23-16)11-19(25)24-10-6-8-14-7-4-5-9-17(14)24/h4-5,7,9,12-13,23H,6,8,10-11H2,1-3H3. The van der Waals surface area contributed by atoms with Crippen molar-refractivity contribution in [2.75, 3.05) is 32.8 Å². The van der Waals surface area contributed by atoms with Gasteiger partial charge in [-0.2, -0.15) is 0 Å². The molecular weight excluding hydrogens is 356 g/mol. The zero-order valence-corrected chi connectivity index (χ0v) is 16.4. The van der Waals surface area contributed by atoms with Gasteiger partial charge in [0, 0.05) is 29.9 Å². The summed E-state index contributed by atoms with van der Waals surface area (Å²) in [6.07, 6.45) is 4.13. The molecule has 0 saturated heterocycles. The molecule has 1 aliphatic heterocycles. The van der Waals surface area contributed by atoms with Gasteiger partial charge in [0.15, 0.2) is 11.5 Å². The molecule has 0 bridgehead atoms. The molecule has 0 spiro atoms. The predicted octanol–water partition coefficient (Wildman–Crippen LogP) is 3.72. The number of amides is 1. The summed E-state index contributed by atoms with van der Waals surface area (Å²) in [6.45, 7) is 0.743. The Morgan fingerprint density at radius 1 is 1.11 bits per heavy atom. The maximum absolute atomic E-state index is 13.2. The number of hydrogen-bond acceptors (Lipinski definition) is 4. The molecule has 1 N–H and O–H groups in total. The van der Waals surface area contributed by atoms with Crippen LogP contribution >= 0.6 is 0 Å². The molecule has 2 heterocycles. The van der Waals surface area contributed by atoms with E-state index in [0.717, 1.165) is 41.5 Å². The number of carbonyl (C=O) groups is 1. The van der Waals surface area contributed by atoms with Crippen molar-refractivity contribution in [2.45, 2.75) is 19.3 Å². The van der Waals surface area contributed by atoms with Crippen LogP contribution in [0.2, 0.25) is 0 Å². The highest BCUT2D eigenvalue weighted by molar-refractivity contribution is 6.01. The minimum atomic E-state index is 0.0740. The summed E-state index contributed by atoms with van der Waals surface area (Å²) in [5, 5.41) is 0.846. The molecule has 1 aromatic heterocycles. The maximum atomic E-state index is 13.2. The zero-order valence-electron chi connectivity index (χ0n) is 16.4. The second kappa shape index (κ2) is 7.46. The summed E-state index contributed by atoms with van der Waals surface area (Å²) in [5.41, 5.74) is 3.96. The molecule has 0 fully saturated rings. The van der Waals surface area contributed by atoms with Crippen LogP contribution in [0.25, 0.3) is 10.9 Å². The van der Waals surface area contributed by atoms with Gasteiger partial charge in [-0.15, -0.1) is 0 Å². The van der Waals surface area contributed by atoms with Crippen molar-refractivity contribution in [3.63, 3.8) is 0 Å². The second-order valence-electron chi connectivity index (χ2n) is 6.84. The van der Waals surface area contributed by atoms with Crippen LogP contribution in [-0.4, -0.2) is 38.8 Å². The number of hydrogen-bond donors (Lipinski definition) is 1. The van der Waals surface area contributed by atoms with Crippen molar-refractivity contribution in [2.24, 2.45) is 0 Å². The molecule has 2 aromatic carbocycles. The van der Waals surface area contributed by atoms with Crippen molar-refractivity contribution in [3.05, 3.63) is 47.7 Å². The zero-order chi connectivity index (χ0) is 19.7. The topological polar surface area (TPSA) is 63.8 Å². The molecule has 3 aromatic rings. The van der Waals surface area contributed by atoms with Gasteiger partial charge >= 0.3 is 0 Å². The van der Waals surface area contributed by atoms with Gasteiger partial charge in [-0.3, -0.25) is 4.79 Å². The van der Waals surface area contributed by atoms with Gasteiger partial charge < -0.3 is 24.1 Å². The third kappa shape index (κ3) is 2.95. The lowest BCUT2D eigenvalue weighted by atomic mass is 10.0. The highest BCUT2D eigenvalue weighted by Crippen LogP contribution is 2.44. The van der Waals surface area contributed by atoms with Gasteiger partial charge in [0.1, 0.15) is 0 Å². The van der Waals surface area contributed by atoms with Gasteiger partial charge in [0.05, 0.1) is 33.3 Å². The van der Waals surface area contributed by atoms with E-state index >= 15 is 0 Å². The molecule has 0 unspecified atom stereocenters. The number of rotatable bonds is 5. The third-order valence-electron chi connectivity index (χ3n) is 5.31. The Labute approximate surface area is 164 Å². The Hall–Kier alpha value is -3.15. The first-order chi connectivity index (χ1) is 13.7. The van der Waals surface area contributed by atoms with Crippen LogP contribution in [0.4, 0.5) is 5.69 Å². The molecule has 6 heteroatoms. The number of ether oxygens (including phenoxy) is 3. The number of fused-ring (bicyclic) bond motifs is 2. The summed E-state index contributed by atoms with van der Waals surface area (Å²) in [6, 6.07) is 9.99. The number of methoxy groups -OCH3 is 3. The van der Waals surface area contributed by atoms with E-state index in [1.807, 2.05) is 35.4 Å². The van der Waals surface area contributed by atoms with Crippen molar-refractivity contribution in [1.82, 2.24) is 4.98 Å². The van der Waals surface area contributed by atoms with E-state index in [1.54, 1.807) is 21.3 Å². The molecule has 28 heavy (non-hydrogen) atoms. The summed E-state index contributed by atoms with van der Waals surface area (Å²) >= 11 is 0. The second-order valence-corrected chi connectivity index (χ2v) is 6.84. The number of aromatic amines is 1. The molecule has 6 nitrogen and oxygen atoms in total. The Morgan fingerprint density at radius 3 is 2.64 bits per heavy atom. The first-order valence-electron chi connectivity index (χ1n) is 9.35. The highest BCUT2D eigenvalue weighted by atomic mass is 16.5. The van der Waals surface area contributed by atoms with E-state index in [-0.39, 0.29) is 12.3 Å². The molecule has 1 amide bonds. The van der Waals surface area contributed by atoms with Crippen LogP contribution in [0.3, 0.4) is 0 Å². The number of carbonyl (C=O) groups excluding carboxylic acids is 1. The lowest BCUT2D eigenvalue weighted by molar-refractivity contribution is -0.118. The number of nitrogens with zero attached hydrogens (tertiary/aromatic N) is 1. The van der Waals surface area contributed by atoms with Crippen LogP contribution in [0.15, 0.2) is 36.5 Å². The fourth-order valence-corrected chi connectivity index (χ4v) is 4.02. The van der Waals surface area contributed by atoms with Gasteiger partial charge in [0.2, 0.25) is 11.7 Å². The first kappa shape index (κ1) is 18.2. The Bertz CT molecular complexity index is 1020. The minimum absolute atomic E-state index is 0.0740. The summed E-state index contributed by atoms with van der Waals surface area (Å²) in [5.74, 6) is 1.75. The van der Waals surface area contributed by atoms with Crippen LogP contribution in [0, 0.1) is 0 Å². The monoisotopic (exact) mass is 380 g/mol. The Morgan fingerprint density at radius 2 is 1.89 bits per heavy atom. The Balaban J connectivity index is 1.72. The lowest BCUT2D eigenvalue weighted by Gasteiger charge is -2.29. The molecule has 1 aliphatic rings. The number of H-pyrrole nitrogens is 1. The van der Waals surface area contributed by atoms with Crippen molar-refractivity contribution in [1.29, 1.82) is 0 Å². The highest BCUT2D eigenvalue weighted by Gasteiger charge is 2.25. The van der Waals surface area contributed by atoms with Gasteiger partial charge in [0.25, 0.3) is 0 Å². The van der Waals surface area contributed by atoms with Gasteiger partial charge in [-0.05, 0) is 30.0 Å². The average molecular weight is 380 g/mol. The normalized spacial score (nSPS) is 13.3. The average Bonchev–Trinajstić information content (AvgIpc) is 3.13. The largest absolute Gasteiger partial charge is 0.493 e. The van der Waals surface area contributed by atoms with Crippen LogP contribution in [0.5, 0.6) is 17.2 Å². The summed E-state index contributed by atoms with van der Waals surface area (Å²) in [4.78, 5) is 18.3. The number of aromatic nitrogens is 1. The van der Waals surface area contributed by atoms with Crippen molar-refractivity contribution >= 4 is 22.5 Å². The SMILES string of the molecule is COc1cc2[nH]cc(CC(=O)N3CCCc4ccccc43)c2c(OC)c1OC. The van der Waals surface area contributed by atoms with E-state index in [2.05, 4.69) is 11.1 Å². The van der Waals surface area contributed by atoms with Crippen LogP contribution in [0.1, 0.15) is 17.5 Å². The molecular formula is C22H24N2O4. The van der Waals surface area contributed by atoms with Gasteiger partial charge in [-0.1, -0.05) is 18.2 Å². The smallest absolute Gasteiger partial charge is 0.231 e. The quantitative estimate of drug-likeness (QED) is 0.733. The summed E-state index contributed by atoms with van der Waals surface area (Å²) in [7, 11) is 4.76. The van der Waals surface area contributed by atoms with E-state index in [0.29, 0.717) is 17.2 Å².